The summed E-state index contributed by atoms with van der Waals surface area (Å²) in [7, 11) is 2.91. The SMILES string of the molecule is COC(CN(CC(=O)NCCc1ccccc1)N=O)OC. The summed E-state index contributed by atoms with van der Waals surface area (Å²) in [4.78, 5) is 22.4. The zero-order chi connectivity index (χ0) is 15.5. The number of carbonyl (C=O) groups is 1. The van der Waals surface area contributed by atoms with Crippen molar-refractivity contribution >= 4 is 5.91 Å². The van der Waals surface area contributed by atoms with E-state index < -0.39 is 6.29 Å². The molecule has 0 bridgehead atoms. The van der Waals surface area contributed by atoms with Gasteiger partial charge in [0.15, 0.2) is 6.29 Å². The molecule has 1 N–H and O–H groups in total. The molecule has 21 heavy (non-hydrogen) atoms. The molecule has 0 radical (unpaired) electrons. The van der Waals surface area contributed by atoms with Crippen molar-refractivity contribution in [2.24, 2.45) is 5.29 Å². The third-order valence-corrected chi connectivity index (χ3v) is 2.91. The smallest absolute Gasteiger partial charge is 0.241 e. The maximum Gasteiger partial charge on any atom is 0.241 e. The molecule has 1 amide bonds. The van der Waals surface area contributed by atoms with Gasteiger partial charge in [-0.2, -0.15) is 0 Å². The summed E-state index contributed by atoms with van der Waals surface area (Å²) >= 11 is 0. The van der Waals surface area contributed by atoms with Gasteiger partial charge in [-0.1, -0.05) is 30.3 Å². The molecule has 0 unspecified atom stereocenters. The van der Waals surface area contributed by atoms with E-state index >= 15 is 0 Å². The van der Waals surface area contributed by atoms with Gasteiger partial charge < -0.3 is 14.8 Å². The Morgan fingerprint density at radius 3 is 2.52 bits per heavy atom. The fourth-order valence-corrected chi connectivity index (χ4v) is 1.76. The Bertz CT molecular complexity index is 423. The number of hydrogen-bond donors (Lipinski definition) is 1. The zero-order valence-corrected chi connectivity index (χ0v) is 12.3. The van der Waals surface area contributed by atoms with Crippen LogP contribution in [0, 0.1) is 4.91 Å². The first-order valence-electron chi connectivity index (χ1n) is 6.64. The highest BCUT2D eigenvalue weighted by atomic mass is 16.7. The summed E-state index contributed by atoms with van der Waals surface area (Å²) in [6.45, 7) is 0.484. The van der Waals surface area contributed by atoms with Crippen LogP contribution in [0.3, 0.4) is 0 Å². The highest BCUT2D eigenvalue weighted by Crippen LogP contribution is 1.99. The van der Waals surface area contributed by atoms with Gasteiger partial charge in [0.1, 0.15) is 6.54 Å². The molecule has 116 valence electrons. The lowest BCUT2D eigenvalue weighted by Crippen LogP contribution is -2.39. The quantitative estimate of drug-likeness (QED) is 0.395. The van der Waals surface area contributed by atoms with Crippen LogP contribution in [0.4, 0.5) is 0 Å². The second-order valence-electron chi connectivity index (χ2n) is 4.42. The van der Waals surface area contributed by atoms with Gasteiger partial charge in [0.2, 0.25) is 5.91 Å². The fraction of sp³-hybridized carbons (Fsp3) is 0.500. The monoisotopic (exact) mass is 295 g/mol. The maximum atomic E-state index is 11.7. The molecule has 7 nitrogen and oxygen atoms in total. The normalized spacial score (nSPS) is 10.4. The number of benzene rings is 1. The first-order valence-corrected chi connectivity index (χ1v) is 6.64. The molecule has 0 aliphatic heterocycles. The first kappa shape index (κ1) is 17.1. The van der Waals surface area contributed by atoms with Gasteiger partial charge in [-0.15, -0.1) is 4.91 Å². The van der Waals surface area contributed by atoms with Crippen LogP contribution < -0.4 is 5.32 Å². The average molecular weight is 295 g/mol. The van der Waals surface area contributed by atoms with E-state index in [1.807, 2.05) is 30.3 Å². The van der Waals surface area contributed by atoms with E-state index in [2.05, 4.69) is 10.6 Å². The number of nitroso groups, excluding NO2 is 1. The van der Waals surface area contributed by atoms with Crippen LogP contribution in [0.2, 0.25) is 0 Å². The second-order valence-corrected chi connectivity index (χ2v) is 4.42. The van der Waals surface area contributed by atoms with Gasteiger partial charge in [-0.25, -0.2) is 5.01 Å². The Morgan fingerprint density at radius 2 is 1.95 bits per heavy atom. The highest BCUT2D eigenvalue weighted by molar-refractivity contribution is 5.77. The number of rotatable bonds is 10. The van der Waals surface area contributed by atoms with Gasteiger partial charge >= 0.3 is 0 Å². The second kappa shape index (κ2) is 9.84. The number of nitrogens with zero attached hydrogens (tertiary/aromatic N) is 2. The number of nitrogens with one attached hydrogen (secondary N) is 1. The number of methoxy groups -OCH3 is 2. The van der Waals surface area contributed by atoms with Crippen molar-refractivity contribution in [3.05, 3.63) is 40.8 Å². The van der Waals surface area contributed by atoms with Crippen molar-refractivity contribution in [2.75, 3.05) is 33.9 Å². The molecular formula is C14H21N3O4. The molecule has 0 spiro atoms. The minimum atomic E-state index is -0.597. The fourth-order valence-electron chi connectivity index (χ4n) is 1.76. The van der Waals surface area contributed by atoms with E-state index in [0.717, 1.165) is 17.0 Å². The number of ether oxygens (including phenoxy) is 2. The van der Waals surface area contributed by atoms with Crippen molar-refractivity contribution < 1.29 is 14.3 Å². The van der Waals surface area contributed by atoms with E-state index in [4.69, 9.17) is 9.47 Å². The summed E-state index contributed by atoms with van der Waals surface area (Å²) < 4.78 is 9.92. The molecule has 0 saturated carbocycles. The minimum absolute atomic E-state index is 0.0998. The molecule has 0 saturated heterocycles. The molecule has 0 aromatic heterocycles. The molecule has 1 aromatic rings. The molecule has 0 atom stereocenters. The van der Waals surface area contributed by atoms with Crippen molar-refractivity contribution in [3.63, 3.8) is 0 Å². The molecule has 0 aliphatic rings. The van der Waals surface area contributed by atoms with Crippen LogP contribution in [0.25, 0.3) is 0 Å². The average Bonchev–Trinajstić information content (AvgIpc) is 2.52. The Labute approximate surface area is 124 Å². The summed E-state index contributed by atoms with van der Waals surface area (Å²) in [5.41, 5.74) is 1.14. The lowest BCUT2D eigenvalue weighted by atomic mass is 10.1. The van der Waals surface area contributed by atoms with E-state index in [9.17, 15) is 9.70 Å². The Balaban J connectivity index is 2.29. The van der Waals surface area contributed by atoms with Gasteiger partial charge in [0.05, 0.1) is 11.8 Å². The molecule has 0 aliphatic carbocycles. The first-order chi connectivity index (χ1) is 10.2. The summed E-state index contributed by atoms with van der Waals surface area (Å²) in [6, 6.07) is 9.83. The predicted molar refractivity (Wildman–Crippen MR) is 78.3 cm³/mol. The Morgan fingerprint density at radius 1 is 1.29 bits per heavy atom. The molecule has 1 aromatic carbocycles. The molecule has 1 rings (SSSR count). The van der Waals surface area contributed by atoms with Crippen molar-refractivity contribution in [1.29, 1.82) is 0 Å². The molecule has 0 heterocycles. The predicted octanol–water partition coefficient (Wildman–Crippen LogP) is 0.948. The van der Waals surface area contributed by atoms with Crippen LogP contribution in [0.1, 0.15) is 5.56 Å². The summed E-state index contributed by atoms with van der Waals surface area (Å²) in [5, 5.41) is 6.60. The third kappa shape index (κ3) is 6.82. The number of hydrogen-bond acceptors (Lipinski definition) is 5. The molecular weight excluding hydrogens is 274 g/mol. The number of amides is 1. The Kier molecular flexibility index (Phi) is 8.00. The third-order valence-electron chi connectivity index (χ3n) is 2.91. The van der Waals surface area contributed by atoms with Gasteiger partial charge in [0, 0.05) is 20.8 Å². The van der Waals surface area contributed by atoms with Crippen LogP contribution in [0.15, 0.2) is 35.6 Å². The van der Waals surface area contributed by atoms with Crippen LogP contribution in [-0.4, -0.2) is 51.1 Å². The lowest BCUT2D eigenvalue weighted by molar-refractivity contribution is -0.129. The summed E-state index contributed by atoms with van der Waals surface area (Å²) in [6.07, 6.45) is 0.139. The summed E-state index contributed by atoms with van der Waals surface area (Å²) in [5.74, 6) is -0.267. The largest absolute Gasteiger partial charge is 0.354 e. The minimum Gasteiger partial charge on any atom is -0.354 e. The Hall–Kier alpha value is -1.99. The molecule has 7 heteroatoms. The molecule has 0 fully saturated rings. The lowest BCUT2D eigenvalue weighted by Gasteiger charge is -2.20. The van der Waals surface area contributed by atoms with Gasteiger partial charge in [0.25, 0.3) is 0 Å². The zero-order valence-electron chi connectivity index (χ0n) is 12.3. The van der Waals surface area contributed by atoms with Crippen molar-refractivity contribution in [2.45, 2.75) is 12.7 Å². The van der Waals surface area contributed by atoms with Crippen LogP contribution in [-0.2, 0) is 20.7 Å². The van der Waals surface area contributed by atoms with Crippen LogP contribution in [0.5, 0.6) is 0 Å². The highest BCUT2D eigenvalue weighted by Gasteiger charge is 2.15. The van der Waals surface area contributed by atoms with Crippen LogP contribution >= 0.6 is 0 Å². The van der Waals surface area contributed by atoms with Gasteiger partial charge in [-0.05, 0) is 12.0 Å². The van der Waals surface area contributed by atoms with Crippen molar-refractivity contribution in [3.8, 4) is 0 Å². The van der Waals surface area contributed by atoms with E-state index in [0.29, 0.717) is 6.54 Å². The standard InChI is InChI=1S/C14H21N3O4/c1-20-14(21-2)11-17(16-19)10-13(18)15-9-8-12-6-4-3-5-7-12/h3-7,14H,8-11H2,1-2H3,(H,15,18). The maximum absolute atomic E-state index is 11.7. The van der Waals surface area contributed by atoms with E-state index in [1.165, 1.54) is 14.2 Å². The van der Waals surface area contributed by atoms with Crippen molar-refractivity contribution in [1.82, 2.24) is 10.3 Å². The van der Waals surface area contributed by atoms with E-state index in [1.54, 1.807) is 0 Å². The number of carbonyl (C=O) groups excluding carboxylic acids is 1. The van der Waals surface area contributed by atoms with E-state index in [-0.39, 0.29) is 19.0 Å². The topological polar surface area (TPSA) is 80.2 Å². The van der Waals surface area contributed by atoms with Gasteiger partial charge in [-0.3, -0.25) is 4.79 Å².